The molecule has 0 spiro atoms. The Kier molecular flexibility index (Phi) is 6.18. The van der Waals surface area contributed by atoms with Crippen molar-refractivity contribution < 1.29 is 4.42 Å². The van der Waals surface area contributed by atoms with Crippen LogP contribution in [0.3, 0.4) is 0 Å². The van der Waals surface area contributed by atoms with Crippen LogP contribution < -0.4 is 10.9 Å². The highest BCUT2D eigenvalue weighted by Gasteiger charge is 2.24. The number of thiophene rings is 1. The monoisotopic (exact) mass is 410 g/mol. The number of likely N-dealkylation sites (tertiary alicyclic amines) is 1. The highest BCUT2D eigenvalue weighted by molar-refractivity contribution is 7.10. The van der Waals surface area contributed by atoms with Gasteiger partial charge < -0.3 is 9.73 Å². The molecule has 1 N–H and O–H groups in total. The molecule has 0 amide bonds. The molecule has 1 saturated heterocycles. The molecule has 0 bridgehead atoms. The van der Waals surface area contributed by atoms with E-state index >= 15 is 0 Å². The Balaban J connectivity index is 1.57. The molecule has 0 unspecified atom stereocenters. The van der Waals surface area contributed by atoms with Crippen LogP contribution in [0.1, 0.15) is 60.2 Å². The average Bonchev–Trinajstić information content (AvgIpc) is 3.38. The number of rotatable bonds is 7. The number of fused-ring (bicyclic) bond motifs is 1. The summed E-state index contributed by atoms with van der Waals surface area (Å²) < 4.78 is 5.50. The van der Waals surface area contributed by atoms with Gasteiger partial charge >= 0.3 is 5.63 Å². The van der Waals surface area contributed by atoms with E-state index in [1.54, 1.807) is 6.07 Å². The number of nitrogens with one attached hydrogen (secondary N) is 1. The molecule has 1 fully saturated rings. The summed E-state index contributed by atoms with van der Waals surface area (Å²) in [5.74, 6) is 0.436. The van der Waals surface area contributed by atoms with Gasteiger partial charge in [-0.25, -0.2) is 4.79 Å². The number of nitrogens with zero attached hydrogens (tertiary/aromatic N) is 1. The van der Waals surface area contributed by atoms with Crippen molar-refractivity contribution in [1.29, 1.82) is 0 Å². The summed E-state index contributed by atoms with van der Waals surface area (Å²) in [6.07, 6.45) is 2.56. The SMILES string of the molecule is Cc1cc2oc(=O)cc(CNC[C@H](c3cccs3)N3CCCC3)c2cc1C(C)C. The summed E-state index contributed by atoms with van der Waals surface area (Å²) in [6, 6.07) is 10.6. The molecular formula is C24H30N2O2S. The average molecular weight is 411 g/mol. The first kappa shape index (κ1) is 20.3. The van der Waals surface area contributed by atoms with Crippen molar-refractivity contribution in [3.8, 4) is 0 Å². The van der Waals surface area contributed by atoms with Gasteiger partial charge in [0.05, 0.1) is 6.04 Å². The molecule has 0 saturated carbocycles. The first-order valence-electron chi connectivity index (χ1n) is 10.6. The molecular weight excluding hydrogens is 380 g/mol. The summed E-state index contributed by atoms with van der Waals surface area (Å²) in [7, 11) is 0. The summed E-state index contributed by atoms with van der Waals surface area (Å²) in [5, 5.41) is 6.83. The lowest BCUT2D eigenvalue weighted by Crippen LogP contribution is -2.33. The molecule has 1 aromatic carbocycles. The van der Waals surface area contributed by atoms with Gasteiger partial charge in [-0.15, -0.1) is 11.3 Å². The van der Waals surface area contributed by atoms with E-state index in [1.807, 2.05) is 17.4 Å². The molecule has 154 valence electrons. The van der Waals surface area contributed by atoms with Crippen LogP contribution in [0.15, 0.2) is 44.9 Å². The normalized spacial score (nSPS) is 16.1. The van der Waals surface area contributed by atoms with E-state index in [1.165, 1.54) is 41.9 Å². The predicted octanol–water partition coefficient (Wildman–Crippen LogP) is 5.21. The summed E-state index contributed by atoms with van der Waals surface area (Å²) in [4.78, 5) is 16.1. The number of benzene rings is 1. The van der Waals surface area contributed by atoms with Gasteiger partial charge in [0.2, 0.25) is 0 Å². The van der Waals surface area contributed by atoms with Gasteiger partial charge in [0, 0.05) is 29.4 Å². The summed E-state index contributed by atoms with van der Waals surface area (Å²) in [6.45, 7) is 10.4. The van der Waals surface area contributed by atoms with Gasteiger partial charge in [-0.05, 0) is 79.0 Å². The molecule has 4 rings (SSSR count). The van der Waals surface area contributed by atoms with Crippen molar-refractivity contribution in [1.82, 2.24) is 10.2 Å². The van der Waals surface area contributed by atoms with Crippen LogP contribution in [-0.4, -0.2) is 24.5 Å². The van der Waals surface area contributed by atoms with Crippen molar-refractivity contribution >= 4 is 22.3 Å². The predicted molar refractivity (Wildman–Crippen MR) is 121 cm³/mol. The molecule has 3 aromatic rings. The lowest BCUT2D eigenvalue weighted by Gasteiger charge is -2.27. The van der Waals surface area contributed by atoms with E-state index in [-0.39, 0.29) is 5.63 Å². The third-order valence-electron chi connectivity index (χ3n) is 5.95. The summed E-state index contributed by atoms with van der Waals surface area (Å²) in [5.41, 5.74) is 3.91. The maximum absolute atomic E-state index is 12.1. The Bertz CT molecular complexity index is 1020. The van der Waals surface area contributed by atoms with Crippen molar-refractivity contribution in [2.75, 3.05) is 19.6 Å². The van der Waals surface area contributed by atoms with E-state index in [0.717, 1.165) is 17.5 Å². The third-order valence-corrected chi connectivity index (χ3v) is 6.92. The van der Waals surface area contributed by atoms with Crippen LogP contribution in [0.5, 0.6) is 0 Å². The first-order valence-corrected chi connectivity index (χ1v) is 11.5. The van der Waals surface area contributed by atoms with Gasteiger partial charge in [-0.1, -0.05) is 19.9 Å². The minimum atomic E-state index is -0.277. The highest BCUT2D eigenvalue weighted by atomic mass is 32.1. The maximum atomic E-state index is 12.1. The topological polar surface area (TPSA) is 45.5 Å². The molecule has 1 atom stereocenters. The Morgan fingerprint density at radius 3 is 2.69 bits per heavy atom. The van der Waals surface area contributed by atoms with E-state index in [4.69, 9.17) is 4.42 Å². The maximum Gasteiger partial charge on any atom is 0.336 e. The number of aryl methyl sites for hydroxylation is 1. The Hall–Kier alpha value is -1.95. The Labute approximate surface area is 176 Å². The fraction of sp³-hybridized carbons (Fsp3) is 0.458. The fourth-order valence-electron chi connectivity index (χ4n) is 4.45. The van der Waals surface area contributed by atoms with Crippen molar-refractivity contribution in [2.24, 2.45) is 0 Å². The van der Waals surface area contributed by atoms with Gasteiger partial charge in [-0.2, -0.15) is 0 Å². The molecule has 0 radical (unpaired) electrons. The zero-order chi connectivity index (χ0) is 20.4. The quantitative estimate of drug-likeness (QED) is 0.543. The first-order chi connectivity index (χ1) is 14.0. The lowest BCUT2D eigenvalue weighted by atomic mass is 9.95. The molecule has 5 heteroatoms. The van der Waals surface area contributed by atoms with Gasteiger partial charge in [0.25, 0.3) is 0 Å². The van der Waals surface area contributed by atoms with E-state index in [2.05, 4.69) is 54.6 Å². The largest absolute Gasteiger partial charge is 0.423 e. The minimum absolute atomic E-state index is 0.277. The zero-order valence-corrected chi connectivity index (χ0v) is 18.3. The molecule has 1 aliphatic heterocycles. The molecule has 0 aliphatic carbocycles. The number of hydrogen-bond donors (Lipinski definition) is 1. The highest BCUT2D eigenvalue weighted by Crippen LogP contribution is 2.29. The molecule has 29 heavy (non-hydrogen) atoms. The number of hydrogen-bond acceptors (Lipinski definition) is 5. The van der Waals surface area contributed by atoms with Crippen molar-refractivity contribution in [3.05, 3.63) is 67.7 Å². The van der Waals surface area contributed by atoms with Crippen LogP contribution >= 0.6 is 11.3 Å². The van der Waals surface area contributed by atoms with Crippen LogP contribution in [0.4, 0.5) is 0 Å². The second-order valence-electron chi connectivity index (χ2n) is 8.36. The van der Waals surface area contributed by atoms with Crippen LogP contribution in [-0.2, 0) is 6.54 Å². The fourth-order valence-corrected chi connectivity index (χ4v) is 5.31. The van der Waals surface area contributed by atoms with Gasteiger partial charge in [0.15, 0.2) is 0 Å². The second-order valence-corrected chi connectivity index (χ2v) is 9.33. The second kappa shape index (κ2) is 8.82. The molecule has 2 aromatic heterocycles. The standard InChI is InChI=1S/C24H30N2O2S/c1-16(2)19-13-20-18(12-24(27)28-22(20)11-17(19)3)14-25-15-21(23-7-6-10-29-23)26-8-4-5-9-26/h6-7,10-13,16,21,25H,4-5,8-9,14-15H2,1-3H3/t21-/m1/s1. The van der Waals surface area contributed by atoms with E-state index in [0.29, 0.717) is 24.1 Å². The van der Waals surface area contributed by atoms with Crippen LogP contribution in [0, 0.1) is 6.92 Å². The van der Waals surface area contributed by atoms with Crippen molar-refractivity contribution in [3.63, 3.8) is 0 Å². The van der Waals surface area contributed by atoms with E-state index < -0.39 is 0 Å². The van der Waals surface area contributed by atoms with Crippen LogP contribution in [0.25, 0.3) is 11.0 Å². The smallest absolute Gasteiger partial charge is 0.336 e. The lowest BCUT2D eigenvalue weighted by molar-refractivity contribution is 0.242. The third kappa shape index (κ3) is 4.47. The molecule has 3 heterocycles. The Morgan fingerprint density at radius 1 is 1.21 bits per heavy atom. The molecule has 4 nitrogen and oxygen atoms in total. The minimum Gasteiger partial charge on any atom is -0.423 e. The van der Waals surface area contributed by atoms with E-state index in [9.17, 15) is 4.79 Å². The van der Waals surface area contributed by atoms with Gasteiger partial charge in [0.1, 0.15) is 5.58 Å². The van der Waals surface area contributed by atoms with Crippen molar-refractivity contribution in [2.45, 2.75) is 52.1 Å². The zero-order valence-electron chi connectivity index (χ0n) is 17.5. The molecule has 1 aliphatic rings. The van der Waals surface area contributed by atoms with Crippen LogP contribution in [0.2, 0.25) is 0 Å². The Morgan fingerprint density at radius 2 is 2.00 bits per heavy atom. The van der Waals surface area contributed by atoms with Gasteiger partial charge in [-0.3, -0.25) is 4.90 Å². The summed E-state index contributed by atoms with van der Waals surface area (Å²) >= 11 is 1.83.